The smallest absolute Gasteiger partial charge is 0.462 e. The third-order valence-electron chi connectivity index (χ3n) is 21.3. The Labute approximate surface area is 670 Å². The van der Waals surface area contributed by atoms with Crippen LogP contribution in [-0.2, 0) is 65.4 Å². The summed E-state index contributed by atoms with van der Waals surface area (Å²) in [4.78, 5) is 73.4. The first-order valence-electron chi connectivity index (χ1n) is 46.6. The summed E-state index contributed by atoms with van der Waals surface area (Å²) in [5.41, 5.74) is 0. The molecule has 0 fully saturated rings. The minimum atomic E-state index is -4.97. The fourth-order valence-electron chi connectivity index (χ4n) is 14.2. The second-order valence-corrected chi connectivity index (χ2v) is 35.7. The van der Waals surface area contributed by atoms with Gasteiger partial charge in [0, 0.05) is 25.7 Å². The Morgan fingerprint density at radius 3 is 0.624 bits per heavy atom. The predicted octanol–water partition coefficient (Wildman–Crippen LogP) is 27.9. The Kier molecular flexibility index (Phi) is 81.1. The molecule has 5 atom stereocenters. The molecule has 0 spiro atoms. The van der Waals surface area contributed by atoms with E-state index < -0.39 is 97.5 Å². The normalized spacial score (nSPS) is 13.7. The first-order chi connectivity index (χ1) is 53.0. The Bertz CT molecular complexity index is 2070. The van der Waals surface area contributed by atoms with Crippen molar-refractivity contribution in [2.75, 3.05) is 39.6 Å². The minimum absolute atomic E-state index is 0.108. The third-order valence-corrected chi connectivity index (χ3v) is 23.2. The molecule has 19 heteroatoms. The molecule has 0 heterocycles. The molecule has 0 saturated heterocycles. The number of unbranched alkanes of at least 4 members (excludes halogenated alkanes) is 62. The third kappa shape index (κ3) is 83.8. The zero-order valence-corrected chi connectivity index (χ0v) is 73.5. The average molecular weight is 1590 g/mol. The van der Waals surface area contributed by atoms with Gasteiger partial charge in [-0.05, 0) is 31.6 Å². The molecule has 17 nitrogen and oxygen atoms in total. The van der Waals surface area contributed by atoms with E-state index in [1.54, 1.807) is 0 Å². The standard InChI is InChI=1S/C90H176O17P2/c1-6-9-12-15-18-21-24-26-28-30-32-33-34-36-38-40-45-50-55-60-65-70-75-89(94)107-86(80-101-88(93)74-69-64-59-54-49-44-39-37-35-31-29-27-25-22-19-16-13-10-7-2)82-105-109(98,99)103-78-84(91)77-102-108(96,97)104-81-85(79-100-87(92)73-68-63-58-53-47-23-20-17-14-11-8-3)106-90(95)76-71-66-61-56-51-46-42-41-43-48-52-57-62-67-72-83(4)5/h83-86,91H,6-82H2,1-5H3,(H,96,97)(H,98,99)/t84-,85+,86+/m0/s1. The van der Waals surface area contributed by atoms with E-state index in [9.17, 15) is 43.2 Å². The second-order valence-electron chi connectivity index (χ2n) is 32.8. The first-order valence-corrected chi connectivity index (χ1v) is 49.6. The lowest BCUT2D eigenvalue weighted by Crippen LogP contribution is -2.30. The molecule has 648 valence electrons. The van der Waals surface area contributed by atoms with Gasteiger partial charge in [0.2, 0.25) is 0 Å². The van der Waals surface area contributed by atoms with Crippen molar-refractivity contribution in [3.8, 4) is 0 Å². The van der Waals surface area contributed by atoms with Gasteiger partial charge in [0.25, 0.3) is 0 Å². The number of aliphatic hydroxyl groups is 1. The monoisotopic (exact) mass is 1590 g/mol. The number of hydrogen-bond donors (Lipinski definition) is 3. The topological polar surface area (TPSA) is 237 Å². The van der Waals surface area contributed by atoms with Crippen LogP contribution in [0.4, 0.5) is 0 Å². The number of esters is 4. The van der Waals surface area contributed by atoms with Gasteiger partial charge in [-0.2, -0.15) is 0 Å². The average Bonchev–Trinajstić information content (AvgIpc) is 0.910. The molecular weight excluding hydrogens is 1410 g/mol. The molecule has 0 aliphatic heterocycles. The van der Waals surface area contributed by atoms with E-state index in [4.69, 9.17) is 37.0 Å². The van der Waals surface area contributed by atoms with Crippen LogP contribution in [-0.4, -0.2) is 96.7 Å². The molecule has 2 unspecified atom stereocenters. The van der Waals surface area contributed by atoms with Crippen LogP contribution in [0.5, 0.6) is 0 Å². The molecule has 0 saturated carbocycles. The number of carbonyl (C=O) groups is 4. The Morgan fingerprint density at radius 2 is 0.422 bits per heavy atom. The summed E-state index contributed by atoms with van der Waals surface area (Å²) in [6.07, 6.45) is 77.9. The lowest BCUT2D eigenvalue weighted by Gasteiger charge is -2.21. The summed E-state index contributed by atoms with van der Waals surface area (Å²) in [5, 5.41) is 10.7. The Balaban J connectivity index is 5.23. The van der Waals surface area contributed by atoms with Crippen LogP contribution in [0.3, 0.4) is 0 Å². The van der Waals surface area contributed by atoms with Crippen molar-refractivity contribution < 1.29 is 80.2 Å². The van der Waals surface area contributed by atoms with Crippen molar-refractivity contribution in [2.45, 2.75) is 509 Å². The molecule has 0 aromatic rings. The zero-order chi connectivity index (χ0) is 79.7. The van der Waals surface area contributed by atoms with Crippen LogP contribution in [0.25, 0.3) is 0 Å². The molecule has 0 aliphatic rings. The van der Waals surface area contributed by atoms with E-state index in [-0.39, 0.29) is 25.7 Å². The number of phosphoric acid groups is 2. The van der Waals surface area contributed by atoms with Crippen LogP contribution < -0.4 is 0 Å². The highest BCUT2D eigenvalue weighted by molar-refractivity contribution is 7.47. The van der Waals surface area contributed by atoms with Gasteiger partial charge in [-0.15, -0.1) is 0 Å². The van der Waals surface area contributed by atoms with Gasteiger partial charge in [0.1, 0.15) is 19.3 Å². The minimum Gasteiger partial charge on any atom is -0.462 e. The SMILES string of the molecule is CCCCCCCCCCCCCCCCCCCCCCCCC(=O)O[C@H](COC(=O)CCCCCCCCCCCCCCCCCCCCC)COP(=O)(O)OC[C@@H](O)COP(=O)(O)OC[C@@H](COC(=O)CCCCCCCCCCCCC)OC(=O)CCCCCCCCCCCCCCCCC(C)C. The number of hydrogen-bond acceptors (Lipinski definition) is 15. The van der Waals surface area contributed by atoms with Gasteiger partial charge in [0.05, 0.1) is 26.4 Å². The van der Waals surface area contributed by atoms with Crippen LogP contribution in [0.2, 0.25) is 0 Å². The van der Waals surface area contributed by atoms with E-state index in [2.05, 4.69) is 34.6 Å². The van der Waals surface area contributed by atoms with Gasteiger partial charge in [-0.1, -0.05) is 439 Å². The summed E-state index contributed by atoms with van der Waals surface area (Å²) >= 11 is 0. The molecule has 3 N–H and O–H groups in total. The largest absolute Gasteiger partial charge is 0.472 e. The molecule has 0 bridgehead atoms. The van der Waals surface area contributed by atoms with Crippen molar-refractivity contribution >= 4 is 39.5 Å². The van der Waals surface area contributed by atoms with E-state index in [1.165, 1.54) is 315 Å². The first kappa shape index (κ1) is 107. The van der Waals surface area contributed by atoms with Crippen LogP contribution in [0.1, 0.15) is 490 Å². The van der Waals surface area contributed by atoms with Gasteiger partial charge < -0.3 is 33.8 Å². The molecule has 0 aromatic carbocycles. The summed E-state index contributed by atoms with van der Waals surface area (Å²) in [7, 11) is -9.93. The maximum absolute atomic E-state index is 13.2. The summed E-state index contributed by atoms with van der Waals surface area (Å²) in [6, 6.07) is 0. The number of ether oxygens (including phenoxy) is 4. The summed E-state index contributed by atoms with van der Waals surface area (Å²) in [5.74, 6) is -1.30. The highest BCUT2D eigenvalue weighted by Gasteiger charge is 2.31. The van der Waals surface area contributed by atoms with E-state index in [1.807, 2.05) is 0 Å². The van der Waals surface area contributed by atoms with Gasteiger partial charge in [-0.25, -0.2) is 9.13 Å². The number of rotatable bonds is 90. The van der Waals surface area contributed by atoms with Gasteiger partial charge >= 0.3 is 39.5 Å². The van der Waals surface area contributed by atoms with Gasteiger partial charge in [-0.3, -0.25) is 37.3 Å². The van der Waals surface area contributed by atoms with Crippen LogP contribution in [0, 0.1) is 5.92 Å². The number of aliphatic hydroxyl groups excluding tert-OH is 1. The molecule has 0 radical (unpaired) electrons. The zero-order valence-electron chi connectivity index (χ0n) is 71.7. The van der Waals surface area contributed by atoms with Crippen molar-refractivity contribution in [2.24, 2.45) is 5.92 Å². The lowest BCUT2D eigenvalue weighted by molar-refractivity contribution is -0.161. The van der Waals surface area contributed by atoms with Crippen molar-refractivity contribution in [1.82, 2.24) is 0 Å². The van der Waals surface area contributed by atoms with Gasteiger partial charge in [0.15, 0.2) is 12.2 Å². The number of carbonyl (C=O) groups excluding carboxylic acids is 4. The van der Waals surface area contributed by atoms with Crippen molar-refractivity contribution in [1.29, 1.82) is 0 Å². The summed E-state index contributed by atoms with van der Waals surface area (Å²) in [6.45, 7) is 7.41. The highest BCUT2D eigenvalue weighted by Crippen LogP contribution is 2.45. The molecule has 0 aliphatic carbocycles. The Hall–Kier alpha value is -1.94. The van der Waals surface area contributed by atoms with E-state index >= 15 is 0 Å². The maximum Gasteiger partial charge on any atom is 0.472 e. The van der Waals surface area contributed by atoms with Crippen molar-refractivity contribution in [3.63, 3.8) is 0 Å². The lowest BCUT2D eigenvalue weighted by atomic mass is 10.0. The maximum atomic E-state index is 13.2. The summed E-state index contributed by atoms with van der Waals surface area (Å²) < 4.78 is 69.0. The molecule has 0 rings (SSSR count). The predicted molar refractivity (Wildman–Crippen MR) is 451 cm³/mol. The molecule has 109 heavy (non-hydrogen) atoms. The fourth-order valence-corrected chi connectivity index (χ4v) is 15.8. The van der Waals surface area contributed by atoms with Crippen LogP contribution >= 0.6 is 15.6 Å². The highest BCUT2D eigenvalue weighted by atomic mass is 31.2. The molecule has 0 amide bonds. The molecular formula is C90H176O17P2. The van der Waals surface area contributed by atoms with E-state index in [0.29, 0.717) is 25.7 Å². The Morgan fingerprint density at radius 1 is 0.248 bits per heavy atom. The quantitative estimate of drug-likeness (QED) is 0.0222. The molecule has 0 aromatic heterocycles. The fraction of sp³-hybridized carbons (Fsp3) is 0.956. The second kappa shape index (κ2) is 82.6. The number of phosphoric ester groups is 2. The van der Waals surface area contributed by atoms with Crippen molar-refractivity contribution in [3.05, 3.63) is 0 Å². The van der Waals surface area contributed by atoms with E-state index in [0.717, 1.165) is 95.8 Å². The van der Waals surface area contributed by atoms with Crippen LogP contribution in [0.15, 0.2) is 0 Å².